The van der Waals surface area contributed by atoms with Gasteiger partial charge in [0, 0.05) is 30.9 Å². The average molecular weight is 379 g/mol. The smallest absolute Gasteiger partial charge is 0.244 e. The number of nitrogens with one attached hydrogen (secondary N) is 2. The molecule has 3 N–H and O–H groups in total. The molecule has 2 amide bonds. The van der Waals surface area contributed by atoms with E-state index in [1.807, 2.05) is 43.3 Å². The van der Waals surface area contributed by atoms with Crippen molar-refractivity contribution < 1.29 is 14.7 Å². The lowest BCUT2D eigenvalue weighted by Crippen LogP contribution is -2.39. The van der Waals surface area contributed by atoms with Crippen molar-refractivity contribution in [1.29, 1.82) is 0 Å². The van der Waals surface area contributed by atoms with Crippen LogP contribution in [0.3, 0.4) is 0 Å². The van der Waals surface area contributed by atoms with Crippen molar-refractivity contribution in [3.63, 3.8) is 0 Å². The number of aromatic nitrogens is 1. The van der Waals surface area contributed by atoms with Crippen LogP contribution in [0.1, 0.15) is 29.5 Å². The summed E-state index contributed by atoms with van der Waals surface area (Å²) in [6.07, 6.45) is 6.66. The van der Waals surface area contributed by atoms with Crippen LogP contribution in [0.5, 0.6) is 0 Å². The second kappa shape index (κ2) is 9.28. The van der Waals surface area contributed by atoms with Gasteiger partial charge >= 0.3 is 0 Å². The Hall–Kier alpha value is -2.99. The van der Waals surface area contributed by atoms with Crippen LogP contribution in [-0.4, -0.2) is 34.1 Å². The Morgan fingerprint density at radius 2 is 2.00 bits per heavy atom. The highest BCUT2D eigenvalue weighted by atomic mass is 16.3. The van der Waals surface area contributed by atoms with E-state index in [0.29, 0.717) is 19.4 Å². The minimum absolute atomic E-state index is 0.105. The maximum Gasteiger partial charge on any atom is 0.244 e. The van der Waals surface area contributed by atoms with Gasteiger partial charge in [0.2, 0.25) is 11.8 Å². The second-order valence-electron chi connectivity index (χ2n) is 7.11. The minimum Gasteiger partial charge on any atom is -0.391 e. The van der Waals surface area contributed by atoms with E-state index in [2.05, 4.69) is 15.6 Å². The summed E-state index contributed by atoms with van der Waals surface area (Å²) < 4.78 is 0. The highest BCUT2D eigenvalue weighted by molar-refractivity contribution is 5.92. The number of aryl methyl sites for hydroxylation is 1. The summed E-state index contributed by atoms with van der Waals surface area (Å²) in [6.45, 7) is 2.37. The Morgan fingerprint density at radius 3 is 2.75 bits per heavy atom. The van der Waals surface area contributed by atoms with Gasteiger partial charge < -0.3 is 15.7 Å². The van der Waals surface area contributed by atoms with Gasteiger partial charge in [-0.25, -0.2) is 0 Å². The number of hydrogen-bond donors (Lipinski definition) is 3. The van der Waals surface area contributed by atoms with Crippen LogP contribution in [-0.2, 0) is 16.1 Å². The molecule has 1 fully saturated rings. The summed E-state index contributed by atoms with van der Waals surface area (Å²) in [6, 6.07) is 11.0. The molecule has 1 aromatic carbocycles. The summed E-state index contributed by atoms with van der Waals surface area (Å²) in [4.78, 5) is 28.6. The highest BCUT2D eigenvalue weighted by Gasteiger charge is 2.37. The first kappa shape index (κ1) is 19.8. The molecule has 0 aliphatic heterocycles. The third-order valence-corrected chi connectivity index (χ3v) is 5.04. The molecule has 0 spiro atoms. The number of hydrogen-bond acceptors (Lipinski definition) is 4. The van der Waals surface area contributed by atoms with Gasteiger partial charge in [-0.3, -0.25) is 14.6 Å². The molecule has 1 aromatic heterocycles. The molecule has 28 heavy (non-hydrogen) atoms. The van der Waals surface area contributed by atoms with E-state index in [9.17, 15) is 14.7 Å². The van der Waals surface area contributed by atoms with Crippen molar-refractivity contribution in [2.24, 2.45) is 5.92 Å². The number of nitrogens with zero attached hydrogens (tertiary/aromatic N) is 1. The molecule has 6 nitrogen and oxygen atoms in total. The number of rotatable bonds is 6. The third kappa shape index (κ3) is 5.27. The minimum atomic E-state index is -0.729. The molecule has 0 bridgehead atoms. The summed E-state index contributed by atoms with van der Waals surface area (Å²) >= 11 is 0. The molecule has 3 rings (SSSR count). The zero-order valence-electron chi connectivity index (χ0n) is 15.8. The Labute approximate surface area is 164 Å². The van der Waals surface area contributed by atoms with Gasteiger partial charge in [-0.2, -0.15) is 0 Å². The Morgan fingerprint density at radius 1 is 1.21 bits per heavy atom. The number of carbonyl (C=O) groups is 2. The first-order valence-electron chi connectivity index (χ1n) is 9.42. The van der Waals surface area contributed by atoms with Crippen LogP contribution < -0.4 is 10.6 Å². The SMILES string of the molecule is Cc1cnccc1CNC(=O)[C@@H]1C[C@@H](O)[C@H](NC(=O)/C=C/c2ccccc2)C1. The van der Waals surface area contributed by atoms with E-state index >= 15 is 0 Å². The molecular formula is C22H25N3O3. The number of amides is 2. The van der Waals surface area contributed by atoms with Gasteiger partial charge in [-0.05, 0) is 48.6 Å². The van der Waals surface area contributed by atoms with Crippen molar-refractivity contribution in [3.8, 4) is 0 Å². The van der Waals surface area contributed by atoms with Gasteiger partial charge in [0.25, 0.3) is 0 Å². The first-order valence-corrected chi connectivity index (χ1v) is 9.42. The van der Waals surface area contributed by atoms with Crippen LogP contribution in [0.15, 0.2) is 54.9 Å². The quantitative estimate of drug-likeness (QED) is 0.669. The maximum absolute atomic E-state index is 12.5. The molecule has 0 unspecified atom stereocenters. The zero-order chi connectivity index (χ0) is 19.9. The van der Waals surface area contributed by atoms with Crippen molar-refractivity contribution in [1.82, 2.24) is 15.6 Å². The summed E-state index contributed by atoms with van der Waals surface area (Å²) in [5.74, 6) is -0.700. The van der Waals surface area contributed by atoms with E-state index < -0.39 is 12.1 Å². The number of aliphatic hydroxyl groups excluding tert-OH is 1. The average Bonchev–Trinajstić information content (AvgIpc) is 3.07. The first-order chi connectivity index (χ1) is 13.5. The second-order valence-corrected chi connectivity index (χ2v) is 7.11. The van der Waals surface area contributed by atoms with E-state index in [-0.39, 0.29) is 17.7 Å². The largest absolute Gasteiger partial charge is 0.391 e. The van der Waals surface area contributed by atoms with Gasteiger partial charge in [0.1, 0.15) is 0 Å². The van der Waals surface area contributed by atoms with Crippen LogP contribution in [0, 0.1) is 12.8 Å². The molecule has 3 atom stereocenters. The predicted octanol–water partition coefficient (Wildman–Crippen LogP) is 1.98. The van der Waals surface area contributed by atoms with Crippen LogP contribution in [0.2, 0.25) is 0 Å². The molecule has 2 aromatic rings. The van der Waals surface area contributed by atoms with E-state index in [0.717, 1.165) is 16.7 Å². The third-order valence-electron chi connectivity index (χ3n) is 5.04. The van der Waals surface area contributed by atoms with E-state index in [4.69, 9.17) is 0 Å². The molecule has 0 radical (unpaired) electrons. The Balaban J connectivity index is 1.49. The fraction of sp³-hybridized carbons (Fsp3) is 0.318. The standard InChI is InChI=1S/C22H25N3O3/c1-15-13-23-10-9-17(15)14-24-22(28)18-11-19(20(26)12-18)25-21(27)8-7-16-5-3-2-4-6-16/h2-10,13,18-20,26H,11-12,14H2,1H3,(H,24,28)(H,25,27)/b8-7+/t18-,19+,20+/m0/s1. The monoisotopic (exact) mass is 379 g/mol. The fourth-order valence-corrected chi connectivity index (χ4v) is 3.38. The summed E-state index contributed by atoms with van der Waals surface area (Å²) in [5, 5.41) is 16.0. The lowest BCUT2D eigenvalue weighted by atomic mass is 10.1. The summed E-state index contributed by atoms with van der Waals surface area (Å²) in [5.41, 5.74) is 2.95. The summed E-state index contributed by atoms with van der Waals surface area (Å²) in [7, 11) is 0. The molecule has 1 saturated carbocycles. The predicted molar refractivity (Wildman–Crippen MR) is 107 cm³/mol. The number of pyridine rings is 1. The van der Waals surface area contributed by atoms with E-state index in [1.54, 1.807) is 18.5 Å². The van der Waals surface area contributed by atoms with Crippen molar-refractivity contribution >= 4 is 17.9 Å². The topological polar surface area (TPSA) is 91.3 Å². The van der Waals surface area contributed by atoms with Crippen LogP contribution in [0.4, 0.5) is 0 Å². The van der Waals surface area contributed by atoms with E-state index in [1.165, 1.54) is 6.08 Å². The molecule has 1 aliphatic rings. The molecule has 0 saturated heterocycles. The normalized spacial score (nSPS) is 21.6. The number of carbonyl (C=O) groups excluding carboxylic acids is 2. The van der Waals surface area contributed by atoms with Gasteiger partial charge in [-0.1, -0.05) is 30.3 Å². The molecule has 1 heterocycles. The maximum atomic E-state index is 12.5. The van der Waals surface area contributed by atoms with Crippen LogP contribution >= 0.6 is 0 Å². The lowest BCUT2D eigenvalue weighted by molar-refractivity contribution is -0.125. The Kier molecular flexibility index (Phi) is 6.55. The van der Waals surface area contributed by atoms with Crippen molar-refractivity contribution in [2.75, 3.05) is 0 Å². The number of aliphatic hydroxyl groups is 1. The zero-order valence-corrected chi connectivity index (χ0v) is 15.8. The van der Waals surface area contributed by atoms with Gasteiger partial charge in [-0.15, -0.1) is 0 Å². The molecule has 6 heteroatoms. The van der Waals surface area contributed by atoms with Crippen LogP contribution in [0.25, 0.3) is 6.08 Å². The molecule has 1 aliphatic carbocycles. The molecule has 146 valence electrons. The van der Waals surface area contributed by atoms with Gasteiger partial charge in [0.15, 0.2) is 0 Å². The Bertz CT molecular complexity index is 851. The fourth-order valence-electron chi connectivity index (χ4n) is 3.38. The van der Waals surface area contributed by atoms with Gasteiger partial charge in [0.05, 0.1) is 12.1 Å². The lowest BCUT2D eigenvalue weighted by Gasteiger charge is -2.15. The highest BCUT2D eigenvalue weighted by Crippen LogP contribution is 2.26. The van der Waals surface area contributed by atoms with Crippen molar-refractivity contribution in [3.05, 3.63) is 71.6 Å². The number of benzene rings is 1. The van der Waals surface area contributed by atoms with Crippen molar-refractivity contribution in [2.45, 2.75) is 38.5 Å². The molecular weight excluding hydrogens is 354 g/mol.